The van der Waals surface area contributed by atoms with Gasteiger partial charge in [-0.05, 0) is 18.2 Å². The summed E-state index contributed by atoms with van der Waals surface area (Å²) >= 11 is 0. The molecule has 1 heterocycles. The zero-order valence-corrected chi connectivity index (χ0v) is 15.2. The minimum absolute atomic E-state index is 0.0534. The number of alkyl halides is 3. The van der Waals surface area contributed by atoms with Crippen LogP contribution in [0.25, 0.3) is 10.9 Å². The molecule has 0 radical (unpaired) electrons. The molecule has 0 fully saturated rings. The van der Waals surface area contributed by atoms with Crippen molar-refractivity contribution in [2.24, 2.45) is 5.73 Å². The number of benzene rings is 1. The average Bonchev–Trinajstić information content (AvgIpc) is 2.94. The van der Waals surface area contributed by atoms with Crippen molar-refractivity contribution in [2.45, 2.75) is 6.18 Å². The molecule has 0 atom stereocenters. The molecule has 0 bridgehead atoms. The van der Waals surface area contributed by atoms with Crippen LogP contribution in [0.3, 0.4) is 0 Å². The number of H-pyrrole nitrogens is 1. The first-order valence-corrected chi connectivity index (χ1v) is 8.83. The van der Waals surface area contributed by atoms with Crippen molar-refractivity contribution in [1.82, 2.24) is 9.88 Å². The largest absolute Gasteiger partial charge is 0.495 e. The van der Waals surface area contributed by atoms with E-state index in [0.717, 1.165) is 17.0 Å². The van der Waals surface area contributed by atoms with Gasteiger partial charge in [0, 0.05) is 12.4 Å². The first kappa shape index (κ1) is 22.2. The number of aromatic nitrogens is 1. The maximum atomic E-state index is 13.0. The van der Waals surface area contributed by atoms with Crippen LogP contribution in [-0.2, 0) is 16.3 Å². The summed E-state index contributed by atoms with van der Waals surface area (Å²) in [5, 5.41) is 7.01. The van der Waals surface area contributed by atoms with Crippen LogP contribution in [0.4, 0.5) is 13.2 Å². The number of methoxy groups -OCH3 is 1. The third kappa shape index (κ3) is 5.86. The first-order valence-electron chi connectivity index (χ1n) is 6.98. The summed E-state index contributed by atoms with van der Waals surface area (Å²) in [5.74, 6) is -1.07. The quantitative estimate of drug-likeness (QED) is 0.336. The van der Waals surface area contributed by atoms with Crippen LogP contribution >= 0.6 is 0 Å². The Hall–Kier alpha value is -2.80. The Morgan fingerprint density at radius 2 is 1.89 bits per heavy atom. The van der Waals surface area contributed by atoms with E-state index < -0.39 is 33.7 Å². The number of halogens is 3. The SMILES string of the molecule is COc1ccc(C(F)(F)F)c2cc(C(=O)N(C)C(=N)N)[nH]c12.CS(=O)(=O)O. The van der Waals surface area contributed by atoms with Crippen LogP contribution in [-0.4, -0.2) is 55.1 Å². The van der Waals surface area contributed by atoms with Crippen molar-refractivity contribution in [3.63, 3.8) is 0 Å². The van der Waals surface area contributed by atoms with Crippen LogP contribution in [0.1, 0.15) is 16.1 Å². The fourth-order valence-corrected chi connectivity index (χ4v) is 2.02. The highest BCUT2D eigenvalue weighted by Gasteiger charge is 2.34. The number of guanidine groups is 1. The predicted octanol–water partition coefficient (Wildman–Crippen LogP) is 1.66. The fraction of sp³-hybridized carbons (Fsp3) is 0.286. The van der Waals surface area contributed by atoms with E-state index in [9.17, 15) is 26.4 Å². The van der Waals surface area contributed by atoms with Crippen LogP contribution in [0.15, 0.2) is 18.2 Å². The summed E-state index contributed by atoms with van der Waals surface area (Å²) in [4.78, 5) is 15.5. The predicted molar refractivity (Wildman–Crippen MR) is 91.3 cm³/mol. The number of aromatic amines is 1. The van der Waals surface area contributed by atoms with E-state index in [2.05, 4.69) is 4.98 Å². The van der Waals surface area contributed by atoms with E-state index in [1.807, 2.05) is 0 Å². The smallest absolute Gasteiger partial charge is 0.417 e. The molecule has 0 unspecified atom stereocenters. The van der Waals surface area contributed by atoms with Crippen LogP contribution in [0, 0.1) is 5.41 Å². The zero-order valence-electron chi connectivity index (χ0n) is 14.4. The van der Waals surface area contributed by atoms with Gasteiger partial charge in [-0.25, -0.2) is 0 Å². The highest BCUT2D eigenvalue weighted by molar-refractivity contribution is 7.85. The molecule has 27 heavy (non-hydrogen) atoms. The Balaban J connectivity index is 0.000000646. The lowest BCUT2D eigenvalue weighted by Crippen LogP contribution is -2.38. The van der Waals surface area contributed by atoms with Gasteiger partial charge in [0.25, 0.3) is 16.0 Å². The molecule has 0 aliphatic heterocycles. The van der Waals surface area contributed by atoms with E-state index in [1.165, 1.54) is 20.2 Å². The highest BCUT2D eigenvalue weighted by atomic mass is 32.2. The number of amides is 1. The third-order valence-corrected chi connectivity index (χ3v) is 3.18. The maximum absolute atomic E-state index is 13.0. The normalized spacial score (nSPS) is 11.5. The Morgan fingerprint density at radius 1 is 1.37 bits per heavy atom. The van der Waals surface area contributed by atoms with Crippen LogP contribution < -0.4 is 10.5 Å². The molecule has 5 N–H and O–H groups in total. The lowest BCUT2D eigenvalue weighted by Gasteiger charge is -2.12. The Labute approximate surface area is 152 Å². The van der Waals surface area contributed by atoms with Crippen molar-refractivity contribution in [3.05, 3.63) is 29.5 Å². The van der Waals surface area contributed by atoms with Gasteiger partial charge in [-0.1, -0.05) is 0 Å². The number of hydrogen-bond acceptors (Lipinski definition) is 5. The van der Waals surface area contributed by atoms with E-state index in [-0.39, 0.29) is 22.3 Å². The second-order valence-electron chi connectivity index (χ2n) is 5.27. The van der Waals surface area contributed by atoms with Crippen molar-refractivity contribution in [3.8, 4) is 5.75 Å². The highest BCUT2D eigenvalue weighted by Crippen LogP contribution is 2.38. The Morgan fingerprint density at radius 3 is 2.30 bits per heavy atom. The lowest BCUT2D eigenvalue weighted by molar-refractivity contribution is -0.136. The fourth-order valence-electron chi connectivity index (χ4n) is 2.02. The van der Waals surface area contributed by atoms with Gasteiger partial charge in [-0.2, -0.15) is 21.6 Å². The molecule has 1 aromatic heterocycles. The summed E-state index contributed by atoms with van der Waals surface area (Å²) in [6.07, 6.45) is -3.85. The number of nitrogens with two attached hydrogens (primary N) is 1. The minimum atomic E-state index is -4.57. The zero-order chi connectivity index (χ0) is 21.2. The molecular weight excluding hydrogens is 393 g/mol. The number of ether oxygens (including phenoxy) is 1. The number of nitrogens with zero attached hydrogens (tertiary/aromatic N) is 1. The Kier molecular flexibility index (Phi) is 6.45. The molecule has 13 heteroatoms. The number of fused-ring (bicyclic) bond motifs is 1. The van der Waals surface area contributed by atoms with Gasteiger partial charge >= 0.3 is 6.18 Å². The molecule has 0 saturated heterocycles. The van der Waals surface area contributed by atoms with Gasteiger partial charge in [-0.15, -0.1) is 0 Å². The summed E-state index contributed by atoms with van der Waals surface area (Å²) < 4.78 is 70.0. The first-order chi connectivity index (χ1) is 12.2. The van der Waals surface area contributed by atoms with E-state index in [4.69, 9.17) is 20.4 Å². The van der Waals surface area contributed by atoms with Gasteiger partial charge < -0.3 is 15.5 Å². The number of hydrogen-bond donors (Lipinski definition) is 4. The van der Waals surface area contributed by atoms with Crippen molar-refractivity contribution < 1.29 is 35.7 Å². The standard InChI is InChI=1S/C13H13F3N4O2.CH4O3S/c1-20(12(17)18)11(21)8-5-6-7(13(14,15)16)3-4-9(22-2)10(6)19-8;1-5(2,3)4/h3-5,19H,1-2H3,(H3,17,18);1H3,(H,2,3,4). The topological polar surface area (TPSA) is 150 Å². The van der Waals surface area contributed by atoms with E-state index in [0.29, 0.717) is 6.26 Å². The molecule has 1 amide bonds. The summed E-state index contributed by atoms with van der Waals surface area (Å²) in [7, 11) is -1.11. The number of carbonyl (C=O) groups excluding carboxylic acids is 1. The molecule has 9 nitrogen and oxygen atoms in total. The maximum Gasteiger partial charge on any atom is 0.417 e. The molecule has 1 aromatic carbocycles. The lowest BCUT2D eigenvalue weighted by atomic mass is 10.1. The Bertz CT molecular complexity index is 961. The van der Waals surface area contributed by atoms with E-state index in [1.54, 1.807) is 0 Å². The van der Waals surface area contributed by atoms with Crippen molar-refractivity contribution >= 4 is 32.9 Å². The van der Waals surface area contributed by atoms with Crippen molar-refractivity contribution in [2.75, 3.05) is 20.4 Å². The number of nitrogens with one attached hydrogen (secondary N) is 2. The van der Waals surface area contributed by atoms with Crippen molar-refractivity contribution in [1.29, 1.82) is 5.41 Å². The average molecular weight is 410 g/mol. The van der Waals surface area contributed by atoms with E-state index >= 15 is 0 Å². The molecule has 2 aromatic rings. The molecule has 0 aliphatic rings. The number of rotatable bonds is 2. The van der Waals surface area contributed by atoms with Gasteiger partial charge in [0.05, 0.1) is 24.4 Å². The molecule has 150 valence electrons. The number of carbonyl (C=O) groups is 1. The van der Waals surface area contributed by atoms with Gasteiger partial charge in [0.15, 0.2) is 5.96 Å². The minimum Gasteiger partial charge on any atom is -0.495 e. The summed E-state index contributed by atoms with van der Waals surface area (Å²) in [5.41, 5.74) is 4.24. The molecule has 2 rings (SSSR count). The van der Waals surface area contributed by atoms with Gasteiger partial charge in [-0.3, -0.25) is 19.7 Å². The van der Waals surface area contributed by atoms with Gasteiger partial charge in [0.1, 0.15) is 11.4 Å². The van der Waals surface area contributed by atoms with Crippen LogP contribution in [0.2, 0.25) is 0 Å². The second kappa shape index (κ2) is 7.84. The third-order valence-electron chi connectivity index (χ3n) is 3.18. The van der Waals surface area contributed by atoms with Crippen LogP contribution in [0.5, 0.6) is 5.75 Å². The van der Waals surface area contributed by atoms with Gasteiger partial charge in [0.2, 0.25) is 0 Å². The molecule has 0 spiro atoms. The molecular formula is C14H17F3N4O5S. The molecule has 0 saturated carbocycles. The molecule has 0 aliphatic carbocycles. The summed E-state index contributed by atoms with van der Waals surface area (Å²) in [6, 6.07) is 3.13. The second-order valence-corrected chi connectivity index (χ2v) is 6.73. The summed E-state index contributed by atoms with van der Waals surface area (Å²) in [6.45, 7) is 0. The monoisotopic (exact) mass is 410 g/mol.